The van der Waals surface area contributed by atoms with Crippen molar-refractivity contribution in [2.45, 2.75) is 18.3 Å². The van der Waals surface area contributed by atoms with Crippen LogP contribution in [0.25, 0.3) is 0 Å². The maximum Gasteiger partial charge on any atom is 0.317 e. The fourth-order valence-electron chi connectivity index (χ4n) is 3.34. The maximum atomic E-state index is 12.3. The molecule has 142 valence electrons. The van der Waals surface area contributed by atoms with Crippen LogP contribution in [-0.4, -0.2) is 30.8 Å². The zero-order valence-electron chi connectivity index (χ0n) is 14.8. The van der Waals surface area contributed by atoms with Crippen LogP contribution >= 0.6 is 11.6 Å². The number of hydrogen-bond donors (Lipinski definition) is 2. The van der Waals surface area contributed by atoms with Gasteiger partial charge in [-0.2, -0.15) is 0 Å². The smallest absolute Gasteiger partial charge is 0.317 e. The molecule has 27 heavy (non-hydrogen) atoms. The summed E-state index contributed by atoms with van der Waals surface area (Å²) < 4.78 is 10.7. The fourth-order valence-corrected chi connectivity index (χ4v) is 3.56. The summed E-state index contributed by atoms with van der Waals surface area (Å²) in [5, 5.41) is 9.57. The maximum absolute atomic E-state index is 12.3. The number of esters is 1. The van der Waals surface area contributed by atoms with Crippen LogP contribution < -0.4 is 10.2 Å². The van der Waals surface area contributed by atoms with E-state index in [2.05, 4.69) is 0 Å². The second kappa shape index (κ2) is 7.98. The number of carbonyl (C=O) groups excluding carboxylic acids is 2. The van der Waals surface area contributed by atoms with Crippen LogP contribution in [0.15, 0.2) is 48.5 Å². The molecule has 2 atom stereocenters. The van der Waals surface area contributed by atoms with E-state index < -0.39 is 23.2 Å². The number of halogens is 1. The minimum absolute atomic E-state index is 0.276. The largest absolute Gasteiger partial charge is 0.493 e. The van der Waals surface area contributed by atoms with Gasteiger partial charge >= 0.3 is 5.97 Å². The van der Waals surface area contributed by atoms with Crippen molar-refractivity contribution >= 4 is 23.5 Å². The topological polar surface area (TPSA) is 84.9 Å². The van der Waals surface area contributed by atoms with Crippen molar-refractivity contribution in [3.05, 3.63) is 64.7 Å². The Hall–Kier alpha value is -2.57. The first-order valence-electron chi connectivity index (χ1n) is 8.51. The third kappa shape index (κ3) is 3.91. The van der Waals surface area contributed by atoms with Gasteiger partial charge in [0.2, 0.25) is 5.91 Å². The van der Waals surface area contributed by atoms with E-state index in [9.17, 15) is 9.59 Å². The van der Waals surface area contributed by atoms with Crippen LogP contribution in [0.2, 0.25) is 5.02 Å². The zero-order chi connectivity index (χ0) is 19.4. The van der Waals surface area contributed by atoms with Crippen molar-refractivity contribution in [2.24, 2.45) is 5.92 Å². The Morgan fingerprint density at radius 2 is 2.04 bits per heavy atom. The van der Waals surface area contributed by atoms with E-state index in [1.807, 2.05) is 24.3 Å². The van der Waals surface area contributed by atoms with Crippen molar-refractivity contribution in [1.82, 2.24) is 5.48 Å². The lowest BCUT2D eigenvalue weighted by Crippen LogP contribution is -2.31. The molecule has 0 spiro atoms. The van der Waals surface area contributed by atoms with Gasteiger partial charge in [0.1, 0.15) is 11.2 Å². The van der Waals surface area contributed by atoms with Crippen molar-refractivity contribution in [3.8, 4) is 5.75 Å². The van der Waals surface area contributed by atoms with Crippen molar-refractivity contribution in [2.75, 3.05) is 13.7 Å². The van der Waals surface area contributed by atoms with Gasteiger partial charge in [-0.3, -0.25) is 14.8 Å². The van der Waals surface area contributed by atoms with Gasteiger partial charge in [0.05, 0.1) is 19.6 Å². The number of hydroxylamine groups is 1. The number of hydrogen-bond acceptors (Lipinski definition) is 5. The number of benzene rings is 2. The summed E-state index contributed by atoms with van der Waals surface area (Å²) in [4.78, 5) is 24.1. The number of methoxy groups -OCH3 is 1. The Bertz CT molecular complexity index is 856. The van der Waals surface area contributed by atoms with E-state index in [4.69, 9.17) is 26.3 Å². The summed E-state index contributed by atoms with van der Waals surface area (Å²) in [6.07, 6.45) is 0.959. The normalized spacial score (nSPS) is 20.6. The molecule has 1 fully saturated rings. The quantitative estimate of drug-likeness (QED) is 0.432. The third-order valence-corrected chi connectivity index (χ3v) is 5.07. The number of rotatable bonds is 7. The van der Waals surface area contributed by atoms with Gasteiger partial charge in [0.25, 0.3) is 0 Å². The molecule has 0 aliphatic heterocycles. The van der Waals surface area contributed by atoms with Gasteiger partial charge < -0.3 is 9.47 Å². The predicted molar refractivity (Wildman–Crippen MR) is 98.8 cm³/mol. The Morgan fingerprint density at radius 1 is 1.26 bits per heavy atom. The minimum Gasteiger partial charge on any atom is -0.493 e. The average Bonchev–Trinajstić information content (AvgIpc) is 3.44. The molecular weight excluding hydrogens is 370 g/mol. The van der Waals surface area contributed by atoms with Crippen LogP contribution in [-0.2, 0) is 26.2 Å². The highest BCUT2D eigenvalue weighted by atomic mass is 35.5. The molecule has 7 heteroatoms. The lowest BCUT2D eigenvalue weighted by Gasteiger charge is -2.16. The monoisotopic (exact) mass is 389 g/mol. The third-order valence-electron chi connectivity index (χ3n) is 4.83. The summed E-state index contributed by atoms with van der Waals surface area (Å²) >= 11 is 5.98. The van der Waals surface area contributed by atoms with Crippen LogP contribution in [0.1, 0.15) is 17.5 Å². The van der Waals surface area contributed by atoms with E-state index in [0.717, 1.165) is 5.56 Å². The first-order valence-corrected chi connectivity index (χ1v) is 8.89. The molecule has 1 amide bonds. The Balaban J connectivity index is 1.72. The van der Waals surface area contributed by atoms with Gasteiger partial charge in [-0.1, -0.05) is 35.9 Å². The highest BCUT2D eigenvalue weighted by Crippen LogP contribution is 2.55. The van der Waals surface area contributed by atoms with Gasteiger partial charge in [-0.25, -0.2) is 5.48 Å². The SMILES string of the molecule is COC(=O)[C@]1(c2cccc(OCCc3cccc(Cl)c3)c2)C[C@H]1C(=O)NO. The first kappa shape index (κ1) is 19.2. The van der Waals surface area contributed by atoms with Crippen LogP contribution in [0.5, 0.6) is 5.75 Å². The van der Waals surface area contributed by atoms with Gasteiger partial charge in [-0.05, 0) is 41.8 Å². The Labute approximate surface area is 162 Å². The van der Waals surface area contributed by atoms with E-state index in [-0.39, 0.29) is 6.42 Å². The minimum atomic E-state index is -1.09. The summed E-state index contributed by atoms with van der Waals surface area (Å²) in [7, 11) is 1.28. The second-order valence-electron chi connectivity index (χ2n) is 6.45. The molecule has 2 N–H and O–H groups in total. The molecule has 3 rings (SSSR count). The van der Waals surface area contributed by atoms with E-state index >= 15 is 0 Å². The van der Waals surface area contributed by atoms with Crippen LogP contribution in [0, 0.1) is 5.92 Å². The number of carbonyl (C=O) groups is 2. The molecule has 0 bridgehead atoms. The second-order valence-corrected chi connectivity index (χ2v) is 6.89. The molecule has 0 aromatic heterocycles. The molecule has 0 radical (unpaired) electrons. The molecule has 0 unspecified atom stereocenters. The number of nitrogens with one attached hydrogen (secondary N) is 1. The van der Waals surface area contributed by atoms with Crippen molar-refractivity contribution in [1.29, 1.82) is 0 Å². The molecule has 0 heterocycles. The predicted octanol–water partition coefficient (Wildman–Crippen LogP) is 2.90. The van der Waals surface area contributed by atoms with Gasteiger partial charge in [-0.15, -0.1) is 0 Å². The van der Waals surface area contributed by atoms with Gasteiger partial charge in [0, 0.05) is 11.4 Å². The summed E-state index contributed by atoms with van der Waals surface area (Å²) in [6, 6.07) is 14.6. The molecule has 2 aromatic carbocycles. The van der Waals surface area contributed by atoms with Crippen molar-refractivity contribution < 1.29 is 24.3 Å². The standard InChI is InChI=1S/C20H20ClNO5/c1-26-19(24)20(12-17(20)18(23)22-25)14-5-3-7-16(11-14)27-9-8-13-4-2-6-15(21)10-13/h2-7,10-11,17,25H,8-9,12H2,1H3,(H,22,23)/t17-,20-/m0/s1. The Kier molecular flexibility index (Phi) is 5.68. The van der Waals surface area contributed by atoms with E-state index in [1.54, 1.807) is 29.7 Å². The molecule has 6 nitrogen and oxygen atoms in total. The Morgan fingerprint density at radius 3 is 2.74 bits per heavy atom. The lowest BCUT2D eigenvalue weighted by atomic mass is 9.92. The fraction of sp³-hybridized carbons (Fsp3) is 0.300. The zero-order valence-corrected chi connectivity index (χ0v) is 15.5. The first-order chi connectivity index (χ1) is 13.0. The molecule has 0 saturated heterocycles. The number of amides is 1. The average molecular weight is 390 g/mol. The highest BCUT2D eigenvalue weighted by Gasteiger charge is 2.65. The molecule has 1 aliphatic rings. The molecule has 2 aromatic rings. The highest BCUT2D eigenvalue weighted by molar-refractivity contribution is 6.30. The van der Waals surface area contributed by atoms with E-state index in [0.29, 0.717) is 29.4 Å². The van der Waals surface area contributed by atoms with E-state index in [1.165, 1.54) is 7.11 Å². The molecule has 1 aliphatic carbocycles. The summed E-state index contributed by atoms with van der Waals surface area (Å²) in [6.45, 7) is 0.440. The number of ether oxygens (including phenoxy) is 2. The molecular formula is C20H20ClNO5. The van der Waals surface area contributed by atoms with Crippen LogP contribution in [0.3, 0.4) is 0 Å². The van der Waals surface area contributed by atoms with Gasteiger partial charge in [0.15, 0.2) is 0 Å². The van der Waals surface area contributed by atoms with Crippen molar-refractivity contribution in [3.63, 3.8) is 0 Å². The van der Waals surface area contributed by atoms with Crippen LogP contribution in [0.4, 0.5) is 0 Å². The molecule has 1 saturated carbocycles. The summed E-state index contributed by atoms with van der Waals surface area (Å²) in [5.41, 5.74) is 2.21. The lowest BCUT2D eigenvalue weighted by molar-refractivity contribution is -0.146. The summed E-state index contributed by atoms with van der Waals surface area (Å²) in [5.74, 6) is -1.19.